The van der Waals surface area contributed by atoms with Crippen molar-refractivity contribution in [2.24, 2.45) is 17.6 Å². The van der Waals surface area contributed by atoms with E-state index >= 15 is 0 Å². The van der Waals surface area contributed by atoms with Gasteiger partial charge in [-0.25, -0.2) is 0 Å². The number of rotatable bonds is 3. The van der Waals surface area contributed by atoms with Crippen LogP contribution in [0.5, 0.6) is 0 Å². The van der Waals surface area contributed by atoms with Crippen LogP contribution >= 0.6 is 0 Å². The number of hydrogen-bond acceptors (Lipinski definition) is 5. The summed E-state index contributed by atoms with van der Waals surface area (Å²) in [6.07, 6.45) is 4.49. The second kappa shape index (κ2) is 4.07. The molecule has 3 rings (SSSR count). The first kappa shape index (κ1) is 11.2. The van der Waals surface area contributed by atoms with E-state index in [-0.39, 0.29) is 0 Å². The third kappa shape index (κ3) is 1.87. The number of nitrogens with two attached hydrogens (primary N) is 1. The molecule has 1 aromatic heterocycles. The van der Waals surface area contributed by atoms with E-state index in [4.69, 9.17) is 10.3 Å². The Kier molecular flexibility index (Phi) is 2.67. The van der Waals surface area contributed by atoms with Crippen molar-refractivity contribution in [2.75, 3.05) is 0 Å². The van der Waals surface area contributed by atoms with Gasteiger partial charge in [-0.1, -0.05) is 11.6 Å². The Bertz CT molecular complexity index is 404. The molecule has 0 spiro atoms. The monoisotopic (exact) mass is 237 g/mol. The van der Waals surface area contributed by atoms with E-state index < -0.39 is 12.1 Å². The third-order valence-electron chi connectivity index (χ3n) is 4.33. The van der Waals surface area contributed by atoms with Crippen molar-refractivity contribution < 1.29 is 9.63 Å². The normalized spacial score (nSPS) is 35.1. The lowest BCUT2D eigenvalue weighted by atomic mass is 9.88. The summed E-state index contributed by atoms with van der Waals surface area (Å²) >= 11 is 0. The molecule has 0 amide bonds. The van der Waals surface area contributed by atoms with Crippen molar-refractivity contribution in [3.63, 3.8) is 0 Å². The quantitative estimate of drug-likeness (QED) is 0.829. The topological polar surface area (TPSA) is 85.2 Å². The van der Waals surface area contributed by atoms with Crippen LogP contribution in [0.2, 0.25) is 0 Å². The van der Waals surface area contributed by atoms with Crippen LogP contribution in [0.15, 0.2) is 4.52 Å². The predicted molar refractivity (Wildman–Crippen MR) is 61.1 cm³/mol. The maximum Gasteiger partial charge on any atom is 0.246 e. The maximum atomic E-state index is 9.40. The standard InChI is InChI=1S/C12H19N3O2/c1-6(16)10(13)12-14-11(15-17-12)9-5-7-2-3-8(9)4-7/h6-10,16H,2-5,13H2,1H3. The second-order valence-electron chi connectivity index (χ2n) is 5.54. The minimum atomic E-state index is -0.664. The van der Waals surface area contributed by atoms with Crippen LogP contribution < -0.4 is 5.73 Å². The molecule has 3 N–H and O–H groups in total. The van der Waals surface area contributed by atoms with Crippen LogP contribution in [0.3, 0.4) is 0 Å². The maximum absolute atomic E-state index is 9.40. The summed E-state index contributed by atoms with van der Waals surface area (Å²) in [4.78, 5) is 4.37. The molecule has 2 bridgehead atoms. The van der Waals surface area contributed by atoms with Gasteiger partial charge >= 0.3 is 0 Å². The Balaban J connectivity index is 1.77. The Morgan fingerprint density at radius 3 is 2.82 bits per heavy atom. The van der Waals surface area contributed by atoms with Gasteiger partial charge in [-0.05, 0) is 38.0 Å². The molecule has 2 saturated carbocycles. The summed E-state index contributed by atoms with van der Waals surface area (Å²) in [5, 5.41) is 13.4. The van der Waals surface area contributed by atoms with Crippen molar-refractivity contribution >= 4 is 0 Å². The Labute approximate surface area is 100 Å². The smallest absolute Gasteiger partial charge is 0.246 e. The van der Waals surface area contributed by atoms with E-state index in [1.807, 2.05) is 0 Å². The number of aliphatic hydroxyl groups excluding tert-OH is 1. The molecule has 1 aromatic rings. The van der Waals surface area contributed by atoms with Crippen molar-refractivity contribution in [2.45, 2.75) is 50.7 Å². The molecule has 2 aliphatic rings. The average molecular weight is 237 g/mol. The van der Waals surface area contributed by atoms with Crippen molar-refractivity contribution in [1.29, 1.82) is 0 Å². The summed E-state index contributed by atoms with van der Waals surface area (Å²) in [6, 6.07) is -0.574. The molecule has 5 heteroatoms. The summed E-state index contributed by atoms with van der Waals surface area (Å²) in [5.74, 6) is 3.19. The van der Waals surface area contributed by atoms with Crippen molar-refractivity contribution in [3.8, 4) is 0 Å². The fourth-order valence-corrected chi connectivity index (χ4v) is 3.30. The molecule has 94 valence electrons. The molecule has 2 fully saturated rings. The number of fused-ring (bicyclic) bond motifs is 2. The number of aromatic nitrogens is 2. The van der Waals surface area contributed by atoms with E-state index in [9.17, 15) is 5.11 Å². The molecule has 17 heavy (non-hydrogen) atoms. The molecule has 0 aromatic carbocycles. The van der Waals surface area contributed by atoms with Crippen LogP contribution in [0, 0.1) is 11.8 Å². The van der Waals surface area contributed by atoms with E-state index in [0.717, 1.165) is 17.7 Å². The third-order valence-corrected chi connectivity index (χ3v) is 4.33. The molecular formula is C12H19N3O2. The largest absolute Gasteiger partial charge is 0.391 e. The molecule has 5 unspecified atom stereocenters. The highest BCUT2D eigenvalue weighted by Gasteiger charge is 2.42. The predicted octanol–water partition coefficient (Wildman–Crippen LogP) is 1.35. The first-order chi connectivity index (χ1) is 8.15. The van der Waals surface area contributed by atoms with Crippen LogP contribution in [-0.4, -0.2) is 21.4 Å². The molecular weight excluding hydrogens is 218 g/mol. The van der Waals surface area contributed by atoms with E-state index in [1.165, 1.54) is 25.7 Å². The van der Waals surface area contributed by atoms with Gasteiger partial charge in [0.05, 0.1) is 6.10 Å². The zero-order valence-electron chi connectivity index (χ0n) is 10.0. The first-order valence-corrected chi connectivity index (χ1v) is 6.42. The Morgan fingerprint density at radius 2 is 2.24 bits per heavy atom. The minimum absolute atomic E-state index is 0.359. The van der Waals surface area contributed by atoms with Crippen LogP contribution in [0.25, 0.3) is 0 Å². The summed E-state index contributed by atoms with van der Waals surface area (Å²) in [6.45, 7) is 1.63. The number of aliphatic hydroxyl groups is 1. The van der Waals surface area contributed by atoms with Gasteiger partial charge < -0.3 is 15.4 Å². The fraction of sp³-hybridized carbons (Fsp3) is 0.833. The highest BCUT2D eigenvalue weighted by molar-refractivity contribution is 5.07. The highest BCUT2D eigenvalue weighted by atomic mass is 16.5. The van der Waals surface area contributed by atoms with Gasteiger partial charge in [-0.15, -0.1) is 0 Å². The zero-order chi connectivity index (χ0) is 12.0. The van der Waals surface area contributed by atoms with E-state index in [0.29, 0.717) is 11.8 Å². The molecule has 5 nitrogen and oxygen atoms in total. The molecule has 1 heterocycles. The van der Waals surface area contributed by atoms with Gasteiger partial charge in [-0.2, -0.15) is 4.98 Å². The lowest BCUT2D eigenvalue weighted by Crippen LogP contribution is -2.23. The summed E-state index contributed by atoms with van der Waals surface area (Å²) < 4.78 is 5.16. The van der Waals surface area contributed by atoms with Gasteiger partial charge in [0, 0.05) is 5.92 Å². The molecule has 0 saturated heterocycles. The molecule has 0 aliphatic heterocycles. The lowest BCUT2D eigenvalue weighted by molar-refractivity contribution is 0.146. The van der Waals surface area contributed by atoms with Gasteiger partial charge in [0.15, 0.2) is 5.82 Å². The number of nitrogens with zero attached hydrogens (tertiary/aromatic N) is 2. The highest BCUT2D eigenvalue weighted by Crippen LogP contribution is 2.52. The van der Waals surface area contributed by atoms with Gasteiger partial charge in [0.25, 0.3) is 0 Å². The minimum Gasteiger partial charge on any atom is -0.391 e. The van der Waals surface area contributed by atoms with Crippen LogP contribution in [0.4, 0.5) is 0 Å². The zero-order valence-corrected chi connectivity index (χ0v) is 10.0. The average Bonchev–Trinajstić information content (AvgIpc) is 3.02. The van der Waals surface area contributed by atoms with Crippen molar-refractivity contribution in [3.05, 3.63) is 11.7 Å². The first-order valence-electron chi connectivity index (χ1n) is 6.42. The fourth-order valence-electron chi connectivity index (χ4n) is 3.30. The summed E-state index contributed by atoms with van der Waals surface area (Å²) in [5.41, 5.74) is 5.78. The molecule has 2 aliphatic carbocycles. The summed E-state index contributed by atoms with van der Waals surface area (Å²) in [7, 11) is 0. The van der Waals surface area contributed by atoms with E-state index in [1.54, 1.807) is 6.92 Å². The SMILES string of the molecule is CC(O)C(N)c1nc(C2CC3CCC2C3)no1. The van der Waals surface area contributed by atoms with Gasteiger partial charge in [-0.3, -0.25) is 0 Å². The molecule has 0 radical (unpaired) electrons. The number of hydrogen-bond donors (Lipinski definition) is 2. The van der Waals surface area contributed by atoms with E-state index in [2.05, 4.69) is 10.1 Å². The molecule has 5 atom stereocenters. The lowest BCUT2D eigenvalue weighted by Gasteiger charge is -2.17. The Hall–Kier alpha value is -0.940. The van der Waals surface area contributed by atoms with Gasteiger partial charge in [0.1, 0.15) is 6.04 Å². The van der Waals surface area contributed by atoms with Crippen molar-refractivity contribution in [1.82, 2.24) is 10.1 Å². The van der Waals surface area contributed by atoms with Crippen LogP contribution in [-0.2, 0) is 0 Å². The van der Waals surface area contributed by atoms with Gasteiger partial charge in [0.2, 0.25) is 5.89 Å². The Morgan fingerprint density at radius 1 is 1.41 bits per heavy atom. The second-order valence-corrected chi connectivity index (χ2v) is 5.54. The van der Waals surface area contributed by atoms with Crippen LogP contribution in [0.1, 0.15) is 56.3 Å².